The molecule has 2 aliphatic heterocycles. The van der Waals surface area contributed by atoms with Crippen molar-refractivity contribution in [2.24, 2.45) is 15.7 Å². The summed E-state index contributed by atoms with van der Waals surface area (Å²) >= 11 is 0. The van der Waals surface area contributed by atoms with E-state index in [0.29, 0.717) is 46.9 Å². The van der Waals surface area contributed by atoms with Crippen molar-refractivity contribution in [1.82, 2.24) is 24.6 Å². The molecule has 18 heteroatoms. The van der Waals surface area contributed by atoms with Gasteiger partial charge in [0.25, 0.3) is 15.9 Å². The number of aromatic amines is 1. The Labute approximate surface area is 404 Å². The Morgan fingerprint density at radius 1 is 0.913 bits per heavy atom. The van der Waals surface area contributed by atoms with Crippen LogP contribution in [0.3, 0.4) is 0 Å². The third-order valence-corrected chi connectivity index (χ3v) is 19.5. The molecule has 1 amide bonds. The summed E-state index contributed by atoms with van der Waals surface area (Å²) in [7, 11) is -6.84. The molecule has 0 unspecified atom stereocenters. The van der Waals surface area contributed by atoms with Crippen LogP contribution in [-0.4, -0.2) is 93.1 Å². The number of anilines is 2. The van der Waals surface area contributed by atoms with Crippen LogP contribution in [0.2, 0.25) is 0 Å². The van der Waals surface area contributed by atoms with Crippen molar-refractivity contribution in [1.29, 1.82) is 0 Å². The number of pyridine rings is 2. The molecule has 3 N–H and O–H groups in total. The van der Waals surface area contributed by atoms with Crippen LogP contribution in [0.5, 0.6) is 11.5 Å². The SMILES string of the molecule is CCS(=O)(CC)=NC1CCC(CNc2ncc(S(=O)(=O)NC(=O)c3ccc(N4CCC5(CC4)CC(N4CCC[C@@H]4c4ccccc4C4CC4)C5)cc3Oc3cnc4[nH]ccc4c3)cc2[N+](=O)[O-])CC1. The maximum absolute atomic E-state index is 14.0. The number of fused-ring (bicyclic) bond motifs is 1. The standard InChI is InChI=1S/C51H63N9O7S2/c1-3-68(64,4-2)56-37-15-11-34(12-16-37)31-53-49-46(60(62)63)28-41(33-55-49)69(65,66)57-50(61)44-18-17-38(27-47(44)67-40-26-36-19-22-52-48(36)54-32-40)58-24-20-51(21-25-58)29-39(30-51)59-23-7-10-45(59)43-9-6-5-8-42(43)35-13-14-35/h5-6,8-9,17-19,22,26-28,32-35,37,39,45H,3-4,7,10-16,20-21,23-25,29-31H2,1-2H3,(H,52,54)(H,53,55)(H,57,61)/t34?,37?,45-/m1/s1. The molecule has 2 aromatic carbocycles. The highest BCUT2D eigenvalue weighted by Gasteiger charge is 2.50. The molecular formula is C51H63N9O7S2. The summed E-state index contributed by atoms with van der Waals surface area (Å²) in [5, 5.41) is 16.1. The van der Waals surface area contributed by atoms with Crippen molar-refractivity contribution >= 4 is 53.9 Å². The molecule has 1 spiro atoms. The number of piperidine rings is 1. The molecule has 16 nitrogen and oxygen atoms in total. The van der Waals surface area contributed by atoms with Gasteiger partial charge in [-0.3, -0.25) is 19.8 Å². The minimum absolute atomic E-state index is 0.0321. The number of amides is 1. The average Bonchev–Trinajstić information content (AvgIpc) is 3.89. The minimum Gasteiger partial charge on any atom is -0.455 e. The lowest BCUT2D eigenvalue weighted by atomic mass is 9.59. The largest absolute Gasteiger partial charge is 0.455 e. The number of rotatable bonds is 16. The van der Waals surface area contributed by atoms with Gasteiger partial charge in [-0.1, -0.05) is 38.1 Å². The third-order valence-electron chi connectivity index (χ3n) is 15.7. The van der Waals surface area contributed by atoms with Gasteiger partial charge < -0.3 is 19.9 Å². The van der Waals surface area contributed by atoms with Gasteiger partial charge in [-0.25, -0.2) is 31.7 Å². The number of H-pyrrole nitrogens is 1. The zero-order chi connectivity index (χ0) is 47.9. The fraction of sp³-hybridized carbons (Fsp3) is 0.510. The molecule has 5 heterocycles. The van der Waals surface area contributed by atoms with E-state index in [1.54, 1.807) is 35.5 Å². The summed E-state index contributed by atoms with van der Waals surface area (Å²) in [6, 6.07) is 20.0. The first kappa shape index (κ1) is 47.1. The minimum atomic E-state index is -4.64. The number of benzene rings is 2. The number of nitro groups is 1. The molecular weight excluding hydrogens is 915 g/mol. The maximum Gasteiger partial charge on any atom is 0.312 e. The normalized spacial score (nSPS) is 22.1. The predicted octanol–water partition coefficient (Wildman–Crippen LogP) is 9.72. The van der Waals surface area contributed by atoms with Crippen molar-refractivity contribution in [3.8, 4) is 11.5 Å². The van der Waals surface area contributed by atoms with Gasteiger partial charge in [-0.2, -0.15) is 0 Å². The fourth-order valence-electron chi connectivity index (χ4n) is 11.5. The third kappa shape index (κ3) is 10.1. The van der Waals surface area contributed by atoms with Crippen molar-refractivity contribution < 1.29 is 27.1 Å². The first-order valence-corrected chi connectivity index (χ1v) is 28.2. The van der Waals surface area contributed by atoms with Crippen LogP contribution in [0.15, 0.2) is 88.5 Å². The molecule has 2 saturated heterocycles. The summed E-state index contributed by atoms with van der Waals surface area (Å²) in [5.74, 6) is 1.44. The molecule has 69 heavy (non-hydrogen) atoms. The van der Waals surface area contributed by atoms with Crippen molar-refractivity contribution in [3.05, 3.63) is 106 Å². The highest BCUT2D eigenvalue weighted by Crippen LogP contribution is 2.55. The number of hydrogen-bond donors (Lipinski definition) is 3. The van der Waals surface area contributed by atoms with Crippen LogP contribution in [-0.2, 0) is 19.8 Å². The summed E-state index contributed by atoms with van der Waals surface area (Å²) in [4.78, 5) is 41.9. The number of ether oxygens (including phenoxy) is 1. The van der Waals surface area contributed by atoms with Crippen LogP contribution in [0, 0.1) is 21.4 Å². The number of aromatic nitrogens is 3. The lowest BCUT2D eigenvalue weighted by molar-refractivity contribution is -0.384. The maximum atomic E-state index is 14.0. The van der Waals surface area contributed by atoms with E-state index in [1.807, 2.05) is 26.0 Å². The second kappa shape index (κ2) is 19.3. The summed E-state index contributed by atoms with van der Waals surface area (Å²) in [5.41, 5.74) is 4.38. The summed E-state index contributed by atoms with van der Waals surface area (Å²) in [6.07, 6.45) is 17.1. The molecule has 10 rings (SSSR count). The molecule has 5 aromatic rings. The molecule has 5 fully saturated rings. The van der Waals surface area contributed by atoms with E-state index in [9.17, 15) is 27.5 Å². The number of nitrogens with zero attached hydrogens (tertiary/aromatic N) is 6. The van der Waals surface area contributed by atoms with E-state index in [1.165, 1.54) is 51.3 Å². The van der Waals surface area contributed by atoms with Crippen LogP contribution < -0.4 is 19.7 Å². The van der Waals surface area contributed by atoms with Crippen LogP contribution in [0.4, 0.5) is 17.2 Å². The van der Waals surface area contributed by atoms with Gasteiger partial charge in [-0.05, 0) is 136 Å². The monoisotopic (exact) mass is 977 g/mol. The Bertz CT molecular complexity index is 2950. The van der Waals surface area contributed by atoms with E-state index in [0.717, 1.165) is 80.9 Å². The van der Waals surface area contributed by atoms with Gasteiger partial charge in [0.15, 0.2) is 0 Å². The van der Waals surface area contributed by atoms with Crippen molar-refractivity contribution in [2.75, 3.05) is 47.9 Å². The lowest BCUT2D eigenvalue weighted by Crippen LogP contribution is -2.54. The number of likely N-dealkylation sites (tertiary alicyclic amines) is 1. The Morgan fingerprint density at radius 2 is 1.67 bits per heavy atom. The average molecular weight is 978 g/mol. The first-order valence-electron chi connectivity index (χ1n) is 24.8. The molecule has 5 aliphatic rings. The van der Waals surface area contributed by atoms with E-state index >= 15 is 0 Å². The second-order valence-electron chi connectivity index (χ2n) is 20.0. The number of carbonyl (C=O) groups is 1. The Hall–Kier alpha value is -5.59. The number of sulfonamides is 1. The van der Waals surface area contributed by atoms with Crippen LogP contribution in [0.1, 0.15) is 124 Å². The van der Waals surface area contributed by atoms with Crippen molar-refractivity contribution in [2.45, 2.75) is 120 Å². The van der Waals surface area contributed by atoms with Gasteiger partial charge in [0, 0.05) is 82.4 Å². The van der Waals surface area contributed by atoms with Gasteiger partial charge in [0.05, 0.1) is 28.9 Å². The van der Waals surface area contributed by atoms with E-state index in [4.69, 9.17) is 4.74 Å². The quantitative estimate of drug-likeness (QED) is 0.0624. The van der Waals surface area contributed by atoms with Crippen LogP contribution >= 0.6 is 0 Å². The molecule has 3 aromatic heterocycles. The predicted molar refractivity (Wildman–Crippen MR) is 268 cm³/mol. The van der Waals surface area contributed by atoms with Crippen molar-refractivity contribution in [3.63, 3.8) is 0 Å². The topological polar surface area (TPSA) is 205 Å². The lowest BCUT2D eigenvalue weighted by Gasteiger charge is -2.56. The van der Waals surface area contributed by atoms with Gasteiger partial charge >= 0.3 is 5.69 Å². The second-order valence-corrected chi connectivity index (χ2v) is 24.6. The highest BCUT2D eigenvalue weighted by atomic mass is 32.2. The highest BCUT2D eigenvalue weighted by molar-refractivity contribution is 7.93. The summed E-state index contributed by atoms with van der Waals surface area (Å²) in [6.45, 7) is 7.03. The zero-order valence-corrected chi connectivity index (χ0v) is 41.1. The van der Waals surface area contributed by atoms with E-state index in [-0.39, 0.29) is 29.1 Å². The molecule has 0 bridgehead atoms. The Balaban J connectivity index is 0.812. The van der Waals surface area contributed by atoms with E-state index < -0.39 is 41.2 Å². The van der Waals surface area contributed by atoms with E-state index in [2.05, 4.69) is 63.4 Å². The fourth-order valence-corrected chi connectivity index (χ4v) is 13.8. The van der Waals surface area contributed by atoms with Gasteiger partial charge in [0.2, 0.25) is 5.82 Å². The van der Waals surface area contributed by atoms with Gasteiger partial charge in [-0.15, -0.1) is 0 Å². The molecule has 1 atom stereocenters. The number of nitrogens with one attached hydrogen (secondary N) is 3. The smallest absolute Gasteiger partial charge is 0.312 e. The van der Waals surface area contributed by atoms with Crippen LogP contribution in [0.25, 0.3) is 11.0 Å². The van der Waals surface area contributed by atoms with Gasteiger partial charge in [0.1, 0.15) is 22.0 Å². The summed E-state index contributed by atoms with van der Waals surface area (Å²) < 4.78 is 53.6. The number of hydrogen-bond acceptors (Lipinski definition) is 13. The molecule has 3 saturated carbocycles. The zero-order valence-electron chi connectivity index (χ0n) is 39.5. The Morgan fingerprint density at radius 3 is 2.39 bits per heavy atom. The molecule has 0 radical (unpaired) electrons. The Kier molecular flexibility index (Phi) is 13.2. The molecule has 366 valence electrons. The first-order chi connectivity index (χ1) is 33.3. The number of carbonyl (C=O) groups excluding carboxylic acids is 1. The molecule has 3 aliphatic carbocycles.